The van der Waals surface area contributed by atoms with E-state index in [2.05, 4.69) is 259 Å². The number of rotatable bonds is 8. The lowest BCUT2D eigenvalue weighted by Crippen LogP contribution is -2.75. The molecule has 6 heteroatoms. The van der Waals surface area contributed by atoms with Gasteiger partial charge in [0, 0.05) is 34.0 Å². The summed E-state index contributed by atoms with van der Waals surface area (Å²) >= 11 is 0. The van der Waals surface area contributed by atoms with Crippen molar-refractivity contribution in [3.63, 3.8) is 0 Å². The van der Waals surface area contributed by atoms with E-state index in [1.807, 2.05) is 12.3 Å². The number of para-hydroxylation sites is 1. The molecule has 0 atom stereocenters. The Bertz CT molecular complexity index is 3870. The van der Waals surface area contributed by atoms with Crippen LogP contribution in [0.3, 0.4) is 0 Å². The number of hydrogen-bond acceptors (Lipinski definition) is 2. The van der Waals surface area contributed by atoms with Crippen LogP contribution in [0.2, 0.25) is 0 Å². The van der Waals surface area contributed by atoms with E-state index in [4.69, 9.17) is 4.98 Å². The van der Waals surface area contributed by atoms with Crippen LogP contribution in [0.15, 0.2) is 206 Å². The Labute approximate surface area is 438 Å². The van der Waals surface area contributed by atoms with Crippen molar-refractivity contribution in [2.75, 3.05) is 4.90 Å². The van der Waals surface area contributed by atoms with Gasteiger partial charge in [0.05, 0.1) is 11.0 Å². The standard InChI is InChI=1S/C68H59B2N3Si/c1-43(2)50-40-57-68-58(41-50)70(66-48(7)38-45(4)39-49(66)8)67-62(34-33-61-64(67)55-28-18-19-29-59(55)72(61)63-30-20-21-35-71-63)73(68)60-32-31-54(42-56(60)69(57)65-46(5)36-44(3)37-47(65)6)74(51-22-12-9-13-23-51,52-24-14-10-15-25-52)53-26-16-11-17-27-53/h9-43H,1-8H3. The first-order valence-corrected chi connectivity index (χ1v) is 28.5. The Kier molecular flexibility index (Phi) is 10.9. The lowest BCUT2D eigenvalue weighted by atomic mass is 9.29. The van der Waals surface area contributed by atoms with Gasteiger partial charge in [-0.3, -0.25) is 4.57 Å². The molecular weight excluding hydrogens is 908 g/mol. The first-order valence-electron chi connectivity index (χ1n) is 26.5. The van der Waals surface area contributed by atoms with E-state index in [1.54, 1.807) is 0 Å². The molecule has 0 bridgehead atoms. The van der Waals surface area contributed by atoms with Crippen LogP contribution < -0.4 is 58.4 Å². The average molecular weight is 968 g/mol. The molecule has 0 amide bonds. The van der Waals surface area contributed by atoms with E-state index < -0.39 is 8.07 Å². The van der Waals surface area contributed by atoms with E-state index >= 15 is 0 Å². The van der Waals surface area contributed by atoms with E-state index in [0.717, 1.165) is 11.3 Å². The maximum Gasteiger partial charge on any atom is 0.248 e. The van der Waals surface area contributed by atoms with E-state index in [0.29, 0.717) is 0 Å². The minimum absolute atomic E-state index is 0.0412. The van der Waals surface area contributed by atoms with Gasteiger partial charge in [-0.15, -0.1) is 0 Å². The zero-order valence-electron chi connectivity index (χ0n) is 43.7. The van der Waals surface area contributed by atoms with Gasteiger partial charge in [-0.1, -0.05) is 222 Å². The molecule has 0 aliphatic carbocycles. The summed E-state index contributed by atoms with van der Waals surface area (Å²) in [6.45, 7) is 18.5. The second-order valence-electron chi connectivity index (χ2n) is 21.6. The van der Waals surface area contributed by atoms with Gasteiger partial charge in [-0.2, -0.15) is 0 Å². The number of aromatic nitrogens is 2. The number of fused-ring (bicyclic) bond motifs is 8. The van der Waals surface area contributed by atoms with E-state index in [1.165, 1.54) is 126 Å². The molecule has 13 rings (SSSR count). The molecule has 0 N–H and O–H groups in total. The number of anilines is 3. The van der Waals surface area contributed by atoms with Gasteiger partial charge in [0.15, 0.2) is 8.07 Å². The molecule has 4 heterocycles. The summed E-state index contributed by atoms with van der Waals surface area (Å²) in [5.41, 5.74) is 23.7. The summed E-state index contributed by atoms with van der Waals surface area (Å²) in [7, 11) is -2.94. The Morgan fingerprint density at radius 1 is 0.432 bits per heavy atom. The molecule has 0 fully saturated rings. The van der Waals surface area contributed by atoms with Crippen molar-refractivity contribution in [1.29, 1.82) is 0 Å². The van der Waals surface area contributed by atoms with Crippen LogP contribution in [-0.2, 0) is 0 Å². The van der Waals surface area contributed by atoms with Crippen molar-refractivity contribution in [3.05, 3.63) is 245 Å². The molecule has 3 nitrogen and oxygen atoms in total. The highest BCUT2D eigenvalue weighted by molar-refractivity contribution is 7.20. The lowest BCUT2D eigenvalue weighted by Gasteiger charge is -2.46. The molecule has 0 radical (unpaired) electrons. The third-order valence-electron chi connectivity index (χ3n) is 16.7. The fraction of sp³-hybridized carbons (Fsp3) is 0.132. The van der Waals surface area contributed by atoms with Crippen LogP contribution in [0.1, 0.15) is 58.7 Å². The first kappa shape index (κ1) is 45.9. The van der Waals surface area contributed by atoms with Crippen LogP contribution >= 0.6 is 0 Å². The SMILES string of the molecule is Cc1cc(C)c(B2c3cc([Si](c4ccccc4)(c4ccccc4)c4ccccc4)ccc3N3c4ccc5c(c4B(c4c(C)cc(C)cc4C)c4cc(C(C)C)cc2c43)c2ccccc2n5-c2ccccn2)c(C)c1. The third-order valence-corrected chi connectivity index (χ3v) is 21.4. The molecule has 11 aromatic rings. The first-order chi connectivity index (χ1) is 36.0. The monoisotopic (exact) mass is 967 g/mol. The molecule has 74 heavy (non-hydrogen) atoms. The summed E-state index contributed by atoms with van der Waals surface area (Å²) < 4.78 is 2.39. The number of benzene rings is 9. The lowest BCUT2D eigenvalue weighted by molar-refractivity contribution is 0.869. The van der Waals surface area contributed by atoms with Gasteiger partial charge in [0.2, 0.25) is 13.4 Å². The summed E-state index contributed by atoms with van der Waals surface area (Å²) in [4.78, 5) is 7.71. The van der Waals surface area contributed by atoms with Crippen LogP contribution in [0, 0.1) is 41.5 Å². The number of hydrogen-bond donors (Lipinski definition) is 0. The highest BCUT2D eigenvalue weighted by atomic mass is 28.3. The van der Waals surface area contributed by atoms with Gasteiger partial charge in [-0.05, 0) is 132 Å². The molecule has 0 saturated heterocycles. The van der Waals surface area contributed by atoms with Crippen LogP contribution in [0.25, 0.3) is 27.6 Å². The van der Waals surface area contributed by atoms with Gasteiger partial charge in [0.25, 0.3) is 0 Å². The highest BCUT2D eigenvalue weighted by Crippen LogP contribution is 2.42. The predicted octanol–water partition coefficient (Wildman–Crippen LogP) is 9.66. The summed E-state index contributed by atoms with van der Waals surface area (Å²) in [6.07, 6.45) is 1.92. The molecule has 0 unspecified atom stereocenters. The molecule has 2 aliphatic heterocycles. The molecular formula is C68H59B2N3Si. The number of pyridine rings is 1. The zero-order chi connectivity index (χ0) is 50.6. The molecule has 0 saturated carbocycles. The van der Waals surface area contributed by atoms with Crippen molar-refractivity contribution in [2.24, 2.45) is 0 Å². The molecule has 9 aromatic carbocycles. The molecule has 356 valence electrons. The fourth-order valence-corrected chi connectivity index (χ4v) is 18.7. The second kappa shape index (κ2) is 17.6. The molecule has 2 aromatic heterocycles. The van der Waals surface area contributed by atoms with Crippen molar-refractivity contribution in [3.8, 4) is 5.82 Å². The van der Waals surface area contributed by atoms with Gasteiger partial charge >= 0.3 is 0 Å². The number of nitrogens with zero attached hydrogens (tertiary/aromatic N) is 3. The molecule has 2 aliphatic rings. The van der Waals surface area contributed by atoms with Gasteiger partial charge in [-0.25, -0.2) is 4.98 Å². The maximum atomic E-state index is 5.00. The third kappa shape index (κ3) is 6.84. The Hall–Kier alpha value is -7.92. The largest absolute Gasteiger partial charge is 0.313 e. The van der Waals surface area contributed by atoms with Crippen molar-refractivity contribution in [1.82, 2.24) is 9.55 Å². The van der Waals surface area contributed by atoms with Crippen LogP contribution in [0.4, 0.5) is 17.1 Å². The Balaban J connectivity index is 1.21. The van der Waals surface area contributed by atoms with Gasteiger partial charge in [0.1, 0.15) is 5.82 Å². The van der Waals surface area contributed by atoms with E-state index in [9.17, 15) is 0 Å². The maximum absolute atomic E-state index is 5.00. The topological polar surface area (TPSA) is 21.1 Å². The van der Waals surface area contributed by atoms with Gasteiger partial charge < -0.3 is 4.90 Å². The van der Waals surface area contributed by atoms with Crippen molar-refractivity contribution in [2.45, 2.75) is 61.3 Å². The summed E-state index contributed by atoms with van der Waals surface area (Å²) in [6, 6.07) is 76.9. The fourth-order valence-electron chi connectivity index (χ4n) is 13.9. The van der Waals surface area contributed by atoms with E-state index in [-0.39, 0.29) is 19.3 Å². The highest BCUT2D eigenvalue weighted by Gasteiger charge is 2.48. The summed E-state index contributed by atoms with van der Waals surface area (Å²) in [5.74, 6) is 1.21. The minimum Gasteiger partial charge on any atom is -0.313 e. The zero-order valence-corrected chi connectivity index (χ0v) is 44.7. The van der Waals surface area contributed by atoms with Crippen LogP contribution in [-0.4, -0.2) is 31.1 Å². The normalized spacial score (nSPS) is 12.9. The van der Waals surface area contributed by atoms with Crippen molar-refractivity contribution < 1.29 is 0 Å². The summed E-state index contributed by atoms with van der Waals surface area (Å²) in [5, 5.41) is 8.02. The molecule has 0 spiro atoms. The smallest absolute Gasteiger partial charge is 0.248 e. The second-order valence-corrected chi connectivity index (χ2v) is 25.4. The quantitative estimate of drug-likeness (QED) is 0.112. The van der Waals surface area contributed by atoms with Crippen molar-refractivity contribution >= 4 is 114 Å². The predicted molar refractivity (Wildman–Crippen MR) is 322 cm³/mol. The Morgan fingerprint density at radius 3 is 1.50 bits per heavy atom. The Morgan fingerprint density at radius 2 is 0.946 bits per heavy atom. The number of aryl methyl sites for hydroxylation is 6. The minimum atomic E-state index is -2.94. The average Bonchev–Trinajstić information content (AvgIpc) is 3.78. The van der Waals surface area contributed by atoms with Crippen LogP contribution in [0.5, 0.6) is 0 Å².